The number of hydrogen-bond acceptors (Lipinski definition) is 6. The van der Waals surface area contributed by atoms with Crippen molar-refractivity contribution in [3.05, 3.63) is 42.2 Å². The van der Waals surface area contributed by atoms with Gasteiger partial charge >= 0.3 is 0 Å². The highest BCUT2D eigenvalue weighted by Crippen LogP contribution is 2.20. The first-order valence-electron chi connectivity index (χ1n) is 8.38. The molecule has 1 N–H and O–H groups in total. The second-order valence-corrected chi connectivity index (χ2v) is 6.12. The van der Waals surface area contributed by atoms with Gasteiger partial charge in [0.2, 0.25) is 11.8 Å². The summed E-state index contributed by atoms with van der Waals surface area (Å²) >= 11 is 0. The van der Waals surface area contributed by atoms with E-state index in [2.05, 4.69) is 15.6 Å². The van der Waals surface area contributed by atoms with E-state index in [1.54, 1.807) is 37.3 Å². The Labute approximate surface area is 155 Å². The molecule has 0 saturated carbocycles. The largest absolute Gasteiger partial charge is 0.360 e. The van der Waals surface area contributed by atoms with Gasteiger partial charge in [-0.05, 0) is 19.1 Å². The van der Waals surface area contributed by atoms with E-state index in [1.807, 2.05) is 6.07 Å². The van der Waals surface area contributed by atoms with Gasteiger partial charge in [0.25, 0.3) is 5.91 Å². The summed E-state index contributed by atoms with van der Waals surface area (Å²) in [5, 5.41) is 11.6. The molecule has 0 bridgehead atoms. The molecule has 0 fully saturated rings. The van der Waals surface area contributed by atoms with E-state index in [1.165, 1.54) is 17.0 Å². The first-order chi connectivity index (χ1) is 12.9. The van der Waals surface area contributed by atoms with Gasteiger partial charge in [0.15, 0.2) is 5.82 Å². The van der Waals surface area contributed by atoms with Crippen LogP contribution in [0.25, 0.3) is 0 Å². The van der Waals surface area contributed by atoms with Crippen molar-refractivity contribution in [2.45, 2.75) is 19.8 Å². The van der Waals surface area contributed by atoms with Crippen LogP contribution in [0.2, 0.25) is 0 Å². The normalized spacial score (nSPS) is 13.9. The summed E-state index contributed by atoms with van der Waals surface area (Å²) in [6, 6.07) is 10.5. The first-order valence-corrected chi connectivity index (χ1v) is 8.38. The number of rotatable bonds is 5. The van der Waals surface area contributed by atoms with Gasteiger partial charge in [0.1, 0.15) is 11.5 Å². The molecule has 9 heteroatoms. The van der Waals surface area contributed by atoms with Crippen LogP contribution >= 0.6 is 0 Å². The molecule has 27 heavy (non-hydrogen) atoms. The minimum atomic E-state index is -0.411. The lowest BCUT2D eigenvalue weighted by atomic mass is 10.1. The number of amides is 3. The van der Waals surface area contributed by atoms with Crippen molar-refractivity contribution in [1.82, 2.24) is 10.1 Å². The molecule has 0 unspecified atom stereocenters. The molecule has 0 atom stereocenters. The number of para-hydroxylation sites is 1. The molecule has 0 aliphatic carbocycles. The van der Waals surface area contributed by atoms with Crippen molar-refractivity contribution in [2.24, 2.45) is 5.10 Å². The predicted octanol–water partition coefficient (Wildman–Crippen LogP) is 1.56. The van der Waals surface area contributed by atoms with Crippen LogP contribution in [0.4, 0.5) is 11.5 Å². The molecule has 2 heterocycles. The zero-order valence-corrected chi connectivity index (χ0v) is 15.0. The van der Waals surface area contributed by atoms with Crippen molar-refractivity contribution in [2.75, 3.05) is 23.9 Å². The van der Waals surface area contributed by atoms with Crippen LogP contribution in [-0.2, 0) is 14.4 Å². The van der Waals surface area contributed by atoms with Crippen LogP contribution < -0.4 is 10.3 Å². The van der Waals surface area contributed by atoms with Crippen LogP contribution in [0.15, 0.2) is 46.0 Å². The van der Waals surface area contributed by atoms with Gasteiger partial charge in [0.05, 0.1) is 12.2 Å². The zero-order chi connectivity index (χ0) is 19.4. The van der Waals surface area contributed by atoms with Gasteiger partial charge in [-0.1, -0.05) is 23.4 Å². The fourth-order valence-electron chi connectivity index (χ4n) is 2.59. The van der Waals surface area contributed by atoms with E-state index in [4.69, 9.17) is 4.52 Å². The van der Waals surface area contributed by atoms with Crippen molar-refractivity contribution < 1.29 is 18.9 Å². The number of hydrogen-bond donors (Lipinski definition) is 1. The summed E-state index contributed by atoms with van der Waals surface area (Å²) < 4.78 is 4.88. The third kappa shape index (κ3) is 4.38. The third-order valence-electron chi connectivity index (χ3n) is 3.90. The van der Waals surface area contributed by atoms with Crippen LogP contribution in [0.5, 0.6) is 0 Å². The maximum atomic E-state index is 12.6. The highest BCUT2D eigenvalue weighted by atomic mass is 16.5. The van der Waals surface area contributed by atoms with E-state index in [0.717, 1.165) is 0 Å². The van der Waals surface area contributed by atoms with Crippen LogP contribution in [0.1, 0.15) is 18.6 Å². The number of aromatic nitrogens is 1. The molecule has 2 aromatic rings. The number of carbonyl (C=O) groups excluding carboxylic acids is 3. The van der Waals surface area contributed by atoms with Gasteiger partial charge in [-0.2, -0.15) is 5.10 Å². The fourth-order valence-corrected chi connectivity index (χ4v) is 2.59. The maximum absolute atomic E-state index is 12.6. The van der Waals surface area contributed by atoms with Gasteiger partial charge in [-0.25, -0.2) is 5.01 Å². The van der Waals surface area contributed by atoms with Crippen LogP contribution in [0.3, 0.4) is 0 Å². The predicted molar refractivity (Wildman–Crippen MR) is 98.1 cm³/mol. The first kappa shape index (κ1) is 18.3. The third-order valence-corrected chi connectivity index (χ3v) is 3.90. The van der Waals surface area contributed by atoms with Crippen molar-refractivity contribution in [3.63, 3.8) is 0 Å². The molecule has 1 aromatic heterocycles. The second kappa shape index (κ2) is 7.81. The van der Waals surface area contributed by atoms with Gasteiger partial charge < -0.3 is 14.7 Å². The van der Waals surface area contributed by atoms with Gasteiger partial charge in [-0.15, -0.1) is 0 Å². The molecular weight excluding hydrogens is 350 g/mol. The Morgan fingerprint density at radius 2 is 2.00 bits per heavy atom. The lowest BCUT2D eigenvalue weighted by Gasteiger charge is -2.25. The van der Waals surface area contributed by atoms with Crippen LogP contribution in [-0.4, -0.2) is 47.1 Å². The molecule has 0 spiro atoms. The minimum Gasteiger partial charge on any atom is -0.360 e. The monoisotopic (exact) mass is 369 g/mol. The molecule has 3 rings (SSSR count). The summed E-state index contributed by atoms with van der Waals surface area (Å²) in [7, 11) is 1.50. The highest BCUT2D eigenvalue weighted by Gasteiger charge is 2.27. The molecular formula is C18H19N5O4. The van der Waals surface area contributed by atoms with Gasteiger partial charge in [-0.3, -0.25) is 14.4 Å². The summed E-state index contributed by atoms with van der Waals surface area (Å²) in [6.07, 6.45) is 0.410. The van der Waals surface area contributed by atoms with E-state index >= 15 is 0 Å². The number of aryl methyl sites for hydroxylation is 1. The number of nitrogens with one attached hydrogen (secondary N) is 1. The summed E-state index contributed by atoms with van der Waals surface area (Å²) in [6.45, 7) is 1.53. The Bertz CT molecular complexity index is 890. The maximum Gasteiger partial charge on any atom is 0.270 e. The zero-order valence-electron chi connectivity index (χ0n) is 15.0. The lowest BCUT2D eigenvalue weighted by molar-refractivity contribution is -0.128. The Morgan fingerprint density at radius 3 is 2.67 bits per heavy atom. The standard InChI is InChI=1S/C18H19N5O4/c1-12-10-15(21-27-12)19-16(24)11-22(2)18(26)14-8-9-17(25)23(20-14)13-6-4-3-5-7-13/h3-7,10H,8-9,11H2,1-2H3,(H,19,21,24). The minimum absolute atomic E-state index is 0.178. The number of benzene rings is 1. The summed E-state index contributed by atoms with van der Waals surface area (Å²) in [5.41, 5.74) is 0.820. The molecule has 1 aliphatic heterocycles. The Kier molecular flexibility index (Phi) is 5.30. The van der Waals surface area contributed by atoms with E-state index in [9.17, 15) is 14.4 Å². The highest BCUT2D eigenvalue weighted by molar-refractivity contribution is 6.40. The van der Waals surface area contributed by atoms with Gasteiger partial charge in [0, 0.05) is 26.0 Å². The summed E-state index contributed by atoms with van der Waals surface area (Å²) in [5.74, 6) is -0.146. The average molecular weight is 369 g/mol. The Morgan fingerprint density at radius 1 is 1.26 bits per heavy atom. The molecule has 0 radical (unpaired) electrons. The molecule has 3 amide bonds. The number of likely N-dealkylation sites (N-methyl/N-ethyl adjacent to an activating group) is 1. The SMILES string of the molecule is Cc1cc(NC(=O)CN(C)C(=O)C2=NN(c3ccccc3)C(=O)CC2)no1. The molecule has 140 valence electrons. The number of anilines is 2. The second-order valence-electron chi connectivity index (χ2n) is 6.12. The van der Waals surface area contributed by atoms with E-state index in [0.29, 0.717) is 11.4 Å². The molecule has 1 aliphatic rings. The summed E-state index contributed by atoms with van der Waals surface area (Å²) in [4.78, 5) is 38.1. The quantitative estimate of drug-likeness (QED) is 0.860. The van der Waals surface area contributed by atoms with Crippen molar-refractivity contribution >= 4 is 34.9 Å². The number of nitrogens with zero attached hydrogens (tertiary/aromatic N) is 4. The fraction of sp³-hybridized carbons (Fsp3) is 0.278. The number of carbonyl (C=O) groups is 3. The Balaban J connectivity index is 1.66. The van der Waals surface area contributed by atoms with Crippen molar-refractivity contribution in [3.8, 4) is 0 Å². The van der Waals surface area contributed by atoms with E-state index in [-0.39, 0.29) is 36.8 Å². The van der Waals surface area contributed by atoms with Crippen LogP contribution in [0, 0.1) is 6.92 Å². The average Bonchev–Trinajstić information content (AvgIpc) is 3.06. The smallest absolute Gasteiger partial charge is 0.270 e. The van der Waals surface area contributed by atoms with E-state index < -0.39 is 11.8 Å². The molecule has 9 nitrogen and oxygen atoms in total. The van der Waals surface area contributed by atoms with Crippen molar-refractivity contribution in [1.29, 1.82) is 0 Å². The Hall–Kier alpha value is -3.49. The lowest BCUT2D eigenvalue weighted by Crippen LogP contribution is -2.42. The molecule has 1 aromatic carbocycles. The topological polar surface area (TPSA) is 108 Å². The number of hydrazone groups is 1. The molecule has 0 saturated heterocycles.